The zero-order valence-electron chi connectivity index (χ0n) is 7.06. The van der Waals surface area contributed by atoms with Crippen LogP contribution in [0.2, 0.25) is 0 Å². The predicted molar refractivity (Wildman–Crippen MR) is 47.0 cm³/mol. The molecular formula is C7H10N4O2. The fourth-order valence-electron chi connectivity index (χ4n) is 0.723. The molecule has 0 aromatic carbocycles. The Bertz CT molecular complexity index is 296. The molecule has 0 aliphatic carbocycles. The number of guanidine groups is 1. The molecule has 1 rings (SSSR count). The first-order chi connectivity index (χ1) is 6.26. The number of nitrogens with two attached hydrogens (primary N) is 1. The monoisotopic (exact) mass is 182 g/mol. The van der Waals surface area contributed by atoms with Crippen LogP contribution in [0.4, 0.5) is 5.69 Å². The lowest BCUT2D eigenvalue weighted by molar-refractivity contribution is 0.233. The van der Waals surface area contributed by atoms with Crippen LogP contribution < -0.4 is 16.0 Å². The molecule has 0 radical (unpaired) electrons. The van der Waals surface area contributed by atoms with Gasteiger partial charge in [-0.15, -0.1) is 0 Å². The highest BCUT2D eigenvalue weighted by molar-refractivity contribution is 5.79. The highest BCUT2D eigenvalue weighted by atomic mass is 16.5. The van der Waals surface area contributed by atoms with Crippen molar-refractivity contribution in [2.75, 3.05) is 7.11 Å². The number of aliphatic imine (C=N–C) groups is 1. The zero-order valence-corrected chi connectivity index (χ0v) is 7.06. The maximum absolute atomic E-state index is 8.35. The number of methoxy groups -OCH3 is 1. The molecule has 1 heterocycles. The van der Waals surface area contributed by atoms with Crippen molar-refractivity contribution in [3.8, 4) is 5.88 Å². The van der Waals surface area contributed by atoms with Crippen LogP contribution in [-0.4, -0.2) is 23.3 Å². The van der Waals surface area contributed by atoms with Gasteiger partial charge in [-0.2, -0.15) is 0 Å². The molecule has 6 nitrogen and oxygen atoms in total. The van der Waals surface area contributed by atoms with E-state index in [-0.39, 0.29) is 5.96 Å². The van der Waals surface area contributed by atoms with Crippen LogP contribution in [0.25, 0.3) is 0 Å². The number of rotatable bonds is 2. The van der Waals surface area contributed by atoms with Crippen molar-refractivity contribution in [2.24, 2.45) is 10.7 Å². The summed E-state index contributed by atoms with van der Waals surface area (Å²) >= 11 is 0. The molecule has 0 saturated heterocycles. The van der Waals surface area contributed by atoms with E-state index in [1.807, 2.05) is 0 Å². The van der Waals surface area contributed by atoms with Crippen molar-refractivity contribution in [3.63, 3.8) is 0 Å². The number of hydrogen-bond donors (Lipinski definition) is 3. The fraction of sp³-hybridized carbons (Fsp3) is 0.143. The van der Waals surface area contributed by atoms with E-state index >= 15 is 0 Å². The average Bonchev–Trinajstić information content (AvgIpc) is 2.19. The molecule has 0 bridgehead atoms. The van der Waals surface area contributed by atoms with E-state index in [0.717, 1.165) is 0 Å². The Balaban J connectivity index is 2.80. The van der Waals surface area contributed by atoms with E-state index in [1.165, 1.54) is 13.3 Å². The van der Waals surface area contributed by atoms with Crippen LogP contribution >= 0.6 is 0 Å². The molecule has 0 aliphatic heterocycles. The third-order valence-corrected chi connectivity index (χ3v) is 1.29. The number of ether oxygens (including phenoxy) is 1. The molecule has 0 spiro atoms. The molecule has 1 aromatic rings. The molecule has 0 unspecified atom stereocenters. The van der Waals surface area contributed by atoms with Crippen LogP contribution in [0.5, 0.6) is 5.88 Å². The highest BCUT2D eigenvalue weighted by Gasteiger charge is 1.94. The van der Waals surface area contributed by atoms with Gasteiger partial charge < -0.3 is 10.5 Å². The van der Waals surface area contributed by atoms with Crippen LogP contribution in [0.3, 0.4) is 0 Å². The third kappa shape index (κ3) is 2.60. The van der Waals surface area contributed by atoms with Gasteiger partial charge in [-0.25, -0.2) is 15.5 Å². The van der Waals surface area contributed by atoms with Gasteiger partial charge >= 0.3 is 0 Å². The van der Waals surface area contributed by atoms with Crippen LogP contribution in [0.15, 0.2) is 23.3 Å². The minimum absolute atomic E-state index is 0.0908. The summed E-state index contributed by atoms with van der Waals surface area (Å²) in [6, 6.07) is 3.31. The van der Waals surface area contributed by atoms with Gasteiger partial charge in [-0.1, -0.05) is 0 Å². The summed E-state index contributed by atoms with van der Waals surface area (Å²) in [6.07, 6.45) is 1.48. The summed E-state index contributed by atoms with van der Waals surface area (Å²) in [5.41, 5.74) is 7.44. The van der Waals surface area contributed by atoms with E-state index in [4.69, 9.17) is 15.7 Å². The van der Waals surface area contributed by atoms with E-state index < -0.39 is 0 Å². The maximum Gasteiger partial charge on any atom is 0.218 e. The van der Waals surface area contributed by atoms with Crippen molar-refractivity contribution in [1.82, 2.24) is 10.5 Å². The molecule has 0 aliphatic rings. The van der Waals surface area contributed by atoms with Crippen molar-refractivity contribution >= 4 is 11.6 Å². The van der Waals surface area contributed by atoms with E-state index in [1.54, 1.807) is 17.6 Å². The first kappa shape index (κ1) is 9.27. The Morgan fingerprint density at radius 1 is 1.69 bits per heavy atom. The molecular weight excluding hydrogens is 172 g/mol. The van der Waals surface area contributed by atoms with Crippen LogP contribution in [0.1, 0.15) is 0 Å². The molecule has 0 fully saturated rings. The Morgan fingerprint density at radius 2 is 2.46 bits per heavy atom. The third-order valence-electron chi connectivity index (χ3n) is 1.29. The second kappa shape index (κ2) is 4.27. The Morgan fingerprint density at radius 3 is 2.92 bits per heavy atom. The lowest BCUT2D eigenvalue weighted by Crippen LogP contribution is -2.27. The molecule has 0 amide bonds. The van der Waals surface area contributed by atoms with Gasteiger partial charge in [0.1, 0.15) is 0 Å². The molecule has 4 N–H and O–H groups in total. The van der Waals surface area contributed by atoms with Crippen LogP contribution in [-0.2, 0) is 0 Å². The van der Waals surface area contributed by atoms with E-state index in [0.29, 0.717) is 11.6 Å². The SMILES string of the molecule is COc1ccc(N=C(N)NO)cn1. The van der Waals surface area contributed by atoms with Crippen molar-refractivity contribution in [3.05, 3.63) is 18.3 Å². The second-order valence-corrected chi connectivity index (χ2v) is 2.17. The lowest BCUT2D eigenvalue weighted by atomic mass is 10.4. The summed E-state index contributed by atoms with van der Waals surface area (Å²) in [4.78, 5) is 7.66. The fourth-order valence-corrected chi connectivity index (χ4v) is 0.723. The normalized spacial score (nSPS) is 11.1. The number of hydroxylamine groups is 1. The zero-order chi connectivity index (χ0) is 9.68. The molecule has 6 heteroatoms. The summed E-state index contributed by atoms with van der Waals surface area (Å²) in [6.45, 7) is 0. The lowest BCUT2D eigenvalue weighted by Gasteiger charge is -1.99. The first-order valence-corrected chi connectivity index (χ1v) is 3.50. The Labute approximate surface area is 75.0 Å². The average molecular weight is 182 g/mol. The maximum atomic E-state index is 8.35. The second-order valence-electron chi connectivity index (χ2n) is 2.17. The number of hydrogen-bond acceptors (Lipinski definition) is 4. The van der Waals surface area contributed by atoms with Gasteiger partial charge in [-0.3, -0.25) is 5.21 Å². The van der Waals surface area contributed by atoms with Gasteiger partial charge in [0, 0.05) is 6.07 Å². The largest absolute Gasteiger partial charge is 0.481 e. The predicted octanol–water partition coefficient (Wildman–Crippen LogP) is 0.0152. The van der Waals surface area contributed by atoms with Crippen LogP contribution in [0, 0.1) is 0 Å². The van der Waals surface area contributed by atoms with E-state index in [9.17, 15) is 0 Å². The molecule has 1 aromatic heterocycles. The summed E-state index contributed by atoms with van der Waals surface area (Å²) < 4.78 is 4.84. The Kier molecular flexibility index (Phi) is 3.04. The number of aromatic nitrogens is 1. The van der Waals surface area contributed by atoms with E-state index in [2.05, 4.69) is 9.98 Å². The summed E-state index contributed by atoms with van der Waals surface area (Å²) in [5.74, 6) is 0.404. The van der Waals surface area contributed by atoms with Gasteiger partial charge in [0.15, 0.2) is 0 Å². The standard InChI is InChI=1S/C7H10N4O2/c1-13-6-3-2-5(4-9-6)10-7(8)11-12/h2-4,12H,1H3,(H3,8,10,11). The number of nitrogens with zero attached hydrogens (tertiary/aromatic N) is 2. The van der Waals surface area contributed by atoms with Crippen molar-refractivity contribution in [2.45, 2.75) is 0 Å². The molecule has 0 saturated carbocycles. The quantitative estimate of drug-likeness (QED) is 0.340. The number of nitrogens with one attached hydrogen (secondary N) is 1. The highest BCUT2D eigenvalue weighted by Crippen LogP contribution is 2.13. The minimum atomic E-state index is -0.0908. The smallest absolute Gasteiger partial charge is 0.218 e. The summed E-state index contributed by atoms with van der Waals surface area (Å²) in [5, 5.41) is 8.35. The first-order valence-electron chi connectivity index (χ1n) is 3.50. The van der Waals surface area contributed by atoms with Crippen molar-refractivity contribution < 1.29 is 9.94 Å². The number of pyridine rings is 1. The molecule has 70 valence electrons. The van der Waals surface area contributed by atoms with Crippen molar-refractivity contribution in [1.29, 1.82) is 0 Å². The van der Waals surface area contributed by atoms with Gasteiger partial charge in [0.25, 0.3) is 0 Å². The van der Waals surface area contributed by atoms with Gasteiger partial charge in [0.2, 0.25) is 11.8 Å². The Hall–Kier alpha value is -1.82. The topological polar surface area (TPSA) is 92.8 Å². The van der Waals surface area contributed by atoms with Gasteiger partial charge in [0.05, 0.1) is 19.0 Å². The molecule has 13 heavy (non-hydrogen) atoms. The summed E-state index contributed by atoms with van der Waals surface area (Å²) in [7, 11) is 1.52. The minimum Gasteiger partial charge on any atom is -0.481 e. The molecule has 0 atom stereocenters. The van der Waals surface area contributed by atoms with Gasteiger partial charge in [-0.05, 0) is 6.07 Å².